The predicted molar refractivity (Wildman–Crippen MR) is 53.3 cm³/mol. The minimum Gasteiger partial charge on any atom is -0.468 e. The number of likely N-dealkylation sites (tertiary alicyclic amines) is 1. The summed E-state index contributed by atoms with van der Waals surface area (Å²) in [6, 6.07) is -0.884. The molecule has 2 atom stereocenters. The average molecular weight is 226 g/mol. The first-order chi connectivity index (χ1) is 7.63. The predicted octanol–water partition coefficient (Wildman–Crippen LogP) is -0.961. The molecule has 16 heavy (non-hydrogen) atoms. The topological polar surface area (TPSA) is 75.7 Å². The molecule has 6 heteroatoms. The number of ether oxygens (including phenoxy) is 1. The maximum Gasteiger partial charge on any atom is 0.323 e. The number of carbonyl (C=O) groups excluding carboxylic acids is 3. The average Bonchev–Trinajstić information content (AvgIpc) is 2.83. The van der Waals surface area contributed by atoms with Gasteiger partial charge in [0, 0.05) is 0 Å². The van der Waals surface area contributed by atoms with Crippen LogP contribution in [0.15, 0.2) is 0 Å². The summed E-state index contributed by atoms with van der Waals surface area (Å²) in [5.74, 6) is -0.907. The van der Waals surface area contributed by atoms with E-state index in [1.54, 1.807) is 4.90 Å². The van der Waals surface area contributed by atoms with Gasteiger partial charge in [0.05, 0.1) is 19.6 Å². The summed E-state index contributed by atoms with van der Waals surface area (Å²) in [6.07, 6.45) is 1.68. The molecule has 2 saturated heterocycles. The van der Waals surface area contributed by atoms with Crippen molar-refractivity contribution in [2.45, 2.75) is 31.3 Å². The van der Waals surface area contributed by atoms with Gasteiger partial charge in [-0.2, -0.15) is 0 Å². The van der Waals surface area contributed by atoms with E-state index in [-0.39, 0.29) is 30.2 Å². The first-order valence-corrected chi connectivity index (χ1v) is 5.30. The SMILES string of the molecule is COC(=O)C1CCCN1C1CC(=O)NC1=O. The molecule has 0 aromatic rings. The van der Waals surface area contributed by atoms with Gasteiger partial charge in [0.25, 0.3) is 0 Å². The second-order valence-corrected chi connectivity index (χ2v) is 4.05. The molecule has 0 saturated carbocycles. The summed E-state index contributed by atoms with van der Waals surface area (Å²) < 4.78 is 4.69. The van der Waals surface area contributed by atoms with Gasteiger partial charge in [-0.15, -0.1) is 0 Å². The van der Waals surface area contributed by atoms with Crippen molar-refractivity contribution in [1.29, 1.82) is 0 Å². The molecular formula is C10H14N2O4. The van der Waals surface area contributed by atoms with E-state index in [0.717, 1.165) is 6.42 Å². The number of nitrogens with zero attached hydrogens (tertiary/aromatic N) is 1. The van der Waals surface area contributed by atoms with Crippen LogP contribution < -0.4 is 5.32 Å². The molecule has 2 fully saturated rings. The second-order valence-electron chi connectivity index (χ2n) is 4.05. The minimum absolute atomic E-state index is 0.145. The molecule has 0 aromatic heterocycles. The lowest BCUT2D eigenvalue weighted by Crippen LogP contribution is -2.46. The third-order valence-electron chi connectivity index (χ3n) is 3.11. The summed E-state index contributed by atoms with van der Waals surface area (Å²) in [7, 11) is 1.33. The highest BCUT2D eigenvalue weighted by atomic mass is 16.5. The Morgan fingerprint density at radius 3 is 2.81 bits per heavy atom. The van der Waals surface area contributed by atoms with Gasteiger partial charge in [-0.25, -0.2) is 0 Å². The largest absolute Gasteiger partial charge is 0.468 e. The highest BCUT2D eigenvalue weighted by Crippen LogP contribution is 2.24. The molecule has 2 aliphatic rings. The normalized spacial score (nSPS) is 30.6. The number of nitrogens with one attached hydrogen (secondary N) is 1. The van der Waals surface area contributed by atoms with E-state index in [1.807, 2.05) is 0 Å². The van der Waals surface area contributed by atoms with E-state index < -0.39 is 6.04 Å². The molecule has 88 valence electrons. The summed E-state index contributed by atoms with van der Waals surface area (Å²) in [5.41, 5.74) is 0. The lowest BCUT2D eigenvalue weighted by Gasteiger charge is -2.26. The quantitative estimate of drug-likeness (QED) is 0.485. The van der Waals surface area contributed by atoms with E-state index in [4.69, 9.17) is 0 Å². The van der Waals surface area contributed by atoms with Crippen molar-refractivity contribution in [1.82, 2.24) is 10.2 Å². The van der Waals surface area contributed by atoms with Crippen LogP contribution in [-0.4, -0.2) is 48.4 Å². The number of carbonyl (C=O) groups is 3. The fourth-order valence-electron chi connectivity index (χ4n) is 2.36. The highest BCUT2D eigenvalue weighted by Gasteiger charge is 2.43. The standard InChI is InChI=1S/C10H14N2O4/c1-16-10(15)6-3-2-4-12(6)7-5-8(13)11-9(7)14/h6-7H,2-5H2,1H3,(H,11,13,14). The molecule has 0 radical (unpaired) electrons. The zero-order valence-corrected chi connectivity index (χ0v) is 9.06. The monoisotopic (exact) mass is 226 g/mol. The van der Waals surface area contributed by atoms with Crippen LogP contribution in [0.25, 0.3) is 0 Å². The smallest absolute Gasteiger partial charge is 0.323 e. The molecule has 0 spiro atoms. The van der Waals surface area contributed by atoms with Gasteiger partial charge in [-0.3, -0.25) is 24.6 Å². The Hall–Kier alpha value is -1.43. The molecule has 0 bridgehead atoms. The maximum atomic E-state index is 11.5. The van der Waals surface area contributed by atoms with E-state index >= 15 is 0 Å². The molecule has 2 amide bonds. The Bertz CT molecular complexity index is 342. The van der Waals surface area contributed by atoms with Gasteiger partial charge >= 0.3 is 5.97 Å². The van der Waals surface area contributed by atoms with Gasteiger partial charge in [0.15, 0.2) is 0 Å². The maximum absolute atomic E-state index is 11.5. The molecular weight excluding hydrogens is 212 g/mol. The Labute approximate surface area is 92.9 Å². The van der Waals surface area contributed by atoms with Crippen LogP contribution in [0.4, 0.5) is 0 Å². The first-order valence-electron chi connectivity index (χ1n) is 5.30. The molecule has 2 rings (SSSR count). The molecule has 2 heterocycles. The van der Waals surface area contributed by atoms with Crippen LogP contribution >= 0.6 is 0 Å². The Balaban J connectivity index is 2.11. The Morgan fingerprint density at radius 1 is 1.50 bits per heavy atom. The number of amides is 2. The van der Waals surface area contributed by atoms with Crippen LogP contribution in [-0.2, 0) is 19.1 Å². The van der Waals surface area contributed by atoms with Crippen molar-refractivity contribution < 1.29 is 19.1 Å². The number of rotatable bonds is 2. The lowest BCUT2D eigenvalue weighted by molar-refractivity contribution is -0.147. The third-order valence-corrected chi connectivity index (χ3v) is 3.11. The van der Waals surface area contributed by atoms with Crippen molar-refractivity contribution in [2.24, 2.45) is 0 Å². The molecule has 0 aliphatic carbocycles. The van der Waals surface area contributed by atoms with Crippen molar-refractivity contribution in [2.75, 3.05) is 13.7 Å². The Kier molecular flexibility index (Phi) is 2.91. The number of imide groups is 1. The van der Waals surface area contributed by atoms with Gasteiger partial charge in [-0.05, 0) is 19.4 Å². The lowest BCUT2D eigenvalue weighted by atomic mass is 10.1. The van der Waals surface area contributed by atoms with Gasteiger partial charge in [-0.1, -0.05) is 0 Å². The number of esters is 1. The van der Waals surface area contributed by atoms with Crippen molar-refractivity contribution in [3.63, 3.8) is 0 Å². The van der Waals surface area contributed by atoms with Crippen LogP contribution in [0.3, 0.4) is 0 Å². The number of hydrogen-bond acceptors (Lipinski definition) is 5. The molecule has 6 nitrogen and oxygen atoms in total. The summed E-state index contributed by atoms with van der Waals surface area (Å²) >= 11 is 0. The zero-order valence-electron chi connectivity index (χ0n) is 9.06. The van der Waals surface area contributed by atoms with E-state index in [0.29, 0.717) is 13.0 Å². The van der Waals surface area contributed by atoms with Gasteiger partial charge < -0.3 is 4.74 Å². The van der Waals surface area contributed by atoms with Gasteiger partial charge in [0.1, 0.15) is 6.04 Å². The summed E-state index contributed by atoms with van der Waals surface area (Å²) in [4.78, 5) is 35.9. The van der Waals surface area contributed by atoms with E-state index in [2.05, 4.69) is 10.1 Å². The third kappa shape index (κ3) is 1.80. The van der Waals surface area contributed by atoms with E-state index in [1.165, 1.54) is 7.11 Å². The molecule has 2 aliphatic heterocycles. The summed E-state index contributed by atoms with van der Waals surface area (Å²) in [6.45, 7) is 0.658. The van der Waals surface area contributed by atoms with Crippen LogP contribution in [0.5, 0.6) is 0 Å². The van der Waals surface area contributed by atoms with Crippen molar-refractivity contribution in [3.05, 3.63) is 0 Å². The number of methoxy groups -OCH3 is 1. The molecule has 2 unspecified atom stereocenters. The molecule has 1 N–H and O–H groups in total. The fraction of sp³-hybridized carbons (Fsp3) is 0.700. The highest BCUT2D eigenvalue weighted by molar-refractivity contribution is 6.05. The molecule has 0 aromatic carbocycles. The Morgan fingerprint density at radius 2 is 2.25 bits per heavy atom. The van der Waals surface area contributed by atoms with Crippen LogP contribution in [0.1, 0.15) is 19.3 Å². The second kappa shape index (κ2) is 4.21. The zero-order chi connectivity index (χ0) is 11.7. The number of hydrogen-bond donors (Lipinski definition) is 1. The van der Waals surface area contributed by atoms with E-state index in [9.17, 15) is 14.4 Å². The van der Waals surface area contributed by atoms with Crippen molar-refractivity contribution in [3.8, 4) is 0 Å². The minimum atomic E-state index is -0.501. The first kappa shape index (κ1) is 11.1. The fourth-order valence-corrected chi connectivity index (χ4v) is 2.36. The van der Waals surface area contributed by atoms with Gasteiger partial charge in [0.2, 0.25) is 11.8 Å². The summed E-state index contributed by atoms with van der Waals surface area (Å²) in [5, 5.41) is 2.25. The van der Waals surface area contributed by atoms with Crippen LogP contribution in [0.2, 0.25) is 0 Å². The van der Waals surface area contributed by atoms with Crippen molar-refractivity contribution >= 4 is 17.8 Å². The van der Waals surface area contributed by atoms with Crippen LogP contribution in [0, 0.1) is 0 Å².